The number of hydrogen-bond donors (Lipinski definition) is 2. The van der Waals surface area contributed by atoms with Crippen LogP contribution in [0.2, 0.25) is 0 Å². The highest BCUT2D eigenvalue weighted by Crippen LogP contribution is 2.42. The lowest BCUT2D eigenvalue weighted by Crippen LogP contribution is -2.49. The highest BCUT2D eigenvalue weighted by atomic mass is 32.2. The fourth-order valence-electron chi connectivity index (χ4n) is 2.09. The fourth-order valence-corrected chi connectivity index (χ4v) is 2.42. The van der Waals surface area contributed by atoms with Gasteiger partial charge in [-0.25, -0.2) is 13.2 Å². The third kappa shape index (κ3) is 4.09. The molecular formula is C13H26N2O3S. The highest BCUT2D eigenvalue weighted by Gasteiger charge is 2.35. The molecule has 1 aliphatic carbocycles. The SMILES string of the molecule is CCC1(CNC(=O)NCC(C)(C)S(C)(=O)=O)CCC1. The summed E-state index contributed by atoms with van der Waals surface area (Å²) in [7, 11) is -3.18. The normalized spacial score (nSPS) is 18.5. The van der Waals surface area contributed by atoms with Crippen molar-refractivity contribution in [2.45, 2.75) is 51.2 Å². The molecule has 0 aromatic rings. The van der Waals surface area contributed by atoms with Crippen molar-refractivity contribution in [1.82, 2.24) is 10.6 Å². The lowest BCUT2D eigenvalue weighted by Gasteiger charge is -2.41. The molecule has 0 atom stereocenters. The molecule has 0 aliphatic heterocycles. The first kappa shape index (κ1) is 16.3. The number of carbonyl (C=O) groups excluding carboxylic acids is 1. The molecule has 2 amide bonds. The second-order valence-electron chi connectivity index (χ2n) is 6.28. The lowest BCUT2D eigenvalue weighted by molar-refractivity contribution is 0.126. The van der Waals surface area contributed by atoms with Gasteiger partial charge in [-0.1, -0.05) is 13.3 Å². The Labute approximate surface area is 116 Å². The topological polar surface area (TPSA) is 75.3 Å². The van der Waals surface area contributed by atoms with Gasteiger partial charge in [-0.15, -0.1) is 0 Å². The van der Waals surface area contributed by atoms with Gasteiger partial charge in [0.05, 0.1) is 4.75 Å². The van der Waals surface area contributed by atoms with Crippen molar-refractivity contribution in [2.24, 2.45) is 5.41 Å². The standard InChI is InChI=1S/C13H26N2O3S/c1-5-13(7-6-8-13)10-15-11(16)14-9-12(2,3)19(4,17)18/h5-10H2,1-4H3,(H2,14,15,16). The van der Waals surface area contributed by atoms with Gasteiger partial charge in [0.25, 0.3) is 0 Å². The Bertz CT molecular complexity index is 420. The minimum absolute atomic E-state index is 0.122. The zero-order valence-corrected chi connectivity index (χ0v) is 13.2. The quantitative estimate of drug-likeness (QED) is 0.781. The van der Waals surface area contributed by atoms with E-state index in [0.717, 1.165) is 6.42 Å². The second kappa shape index (κ2) is 5.69. The number of sulfone groups is 1. The minimum atomic E-state index is -3.18. The molecule has 0 aromatic heterocycles. The molecule has 19 heavy (non-hydrogen) atoms. The summed E-state index contributed by atoms with van der Waals surface area (Å²) in [5.74, 6) is 0. The van der Waals surface area contributed by atoms with Gasteiger partial charge in [0.15, 0.2) is 9.84 Å². The smallest absolute Gasteiger partial charge is 0.314 e. The van der Waals surface area contributed by atoms with Crippen LogP contribution in [0.25, 0.3) is 0 Å². The average molecular weight is 290 g/mol. The highest BCUT2D eigenvalue weighted by molar-refractivity contribution is 7.92. The number of carbonyl (C=O) groups is 1. The summed E-state index contributed by atoms with van der Waals surface area (Å²) in [4.78, 5) is 11.7. The Morgan fingerprint density at radius 3 is 2.21 bits per heavy atom. The van der Waals surface area contributed by atoms with Crippen molar-refractivity contribution in [2.75, 3.05) is 19.3 Å². The molecule has 1 rings (SSSR count). The van der Waals surface area contributed by atoms with Crippen LogP contribution in [0.1, 0.15) is 46.5 Å². The van der Waals surface area contributed by atoms with E-state index < -0.39 is 14.6 Å². The largest absolute Gasteiger partial charge is 0.338 e. The van der Waals surface area contributed by atoms with Gasteiger partial charge in [-0.3, -0.25) is 0 Å². The Balaban J connectivity index is 2.36. The molecule has 0 radical (unpaired) electrons. The van der Waals surface area contributed by atoms with E-state index in [9.17, 15) is 13.2 Å². The second-order valence-corrected chi connectivity index (χ2v) is 8.92. The van der Waals surface area contributed by atoms with Gasteiger partial charge in [-0.05, 0) is 38.5 Å². The molecule has 0 bridgehead atoms. The van der Waals surface area contributed by atoms with Crippen molar-refractivity contribution in [3.05, 3.63) is 0 Å². The third-order valence-corrected chi connectivity index (χ3v) is 6.62. The molecule has 0 heterocycles. The van der Waals surface area contributed by atoms with Crippen molar-refractivity contribution in [1.29, 1.82) is 0 Å². The summed E-state index contributed by atoms with van der Waals surface area (Å²) in [5, 5.41) is 5.50. The monoisotopic (exact) mass is 290 g/mol. The van der Waals surface area contributed by atoms with Gasteiger partial charge in [0.2, 0.25) is 0 Å². The first-order valence-corrected chi connectivity index (χ1v) is 8.72. The van der Waals surface area contributed by atoms with Gasteiger partial charge in [0, 0.05) is 19.3 Å². The van der Waals surface area contributed by atoms with Crippen molar-refractivity contribution >= 4 is 15.9 Å². The minimum Gasteiger partial charge on any atom is -0.338 e. The van der Waals surface area contributed by atoms with Crippen LogP contribution in [0.3, 0.4) is 0 Å². The van der Waals surface area contributed by atoms with Crippen LogP contribution in [-0.2, 0) is 9.84 Å². The molecule has 2 N–H and O–H groups in total. The average Bonchev–Trinajstić information content (AvgIpc) is 2.24. The summed E-state index contributed by atoms with van der Waals surface area (Å²) < 4.78 is 22.1. The van der Waals surface area contributed by atoms with E-state index in [1.54, 1.807) is 13.8 Å². The van der Waals surface area contributed by atoms with E-state index in [0.29, 0.717) is 6.54 Å². The summed E-state index contributed by atoms with van der Waals surface area (Å²) in [5.41, 5.74) is 0.268. The van der Waals surface area contributed by atoms with Gasteiger partial charge in [0.1, 0.15) is 0 Å². The van der Waals surface area contributed by atoms with Crippen LogP contribution in [-0.4, -0.2) is 38.5 Å². The van der Waals surface area contributed by atoms with Gasteiger partial charge in [-0.2, -0.15) is 0 Å². The summed E-state index contributed by atoms with van der Waals surface area (Å²) in [6.07, 6.45) is 5.82. The zero-order valence-electron chi connectivity index (χ0n) is 12.4. The maximum absolute atomic E-state index is 11.7. The molecule has 112 valence electrons. The Kier molecular flexibility index (Phi) is 4.87. The number of amides is 2. The summed E-state index contributed by atoms with van der Waals surface area (Å²) in [6, 6.07) is -0.281. The van der Waals surface area contributed by atoms with Crippen LogP contribution in [0.15, 0.2) is 0 Å². The van der Waals surface area contributed by atoms with Gasteiger partial charge < -0.3 is 10.6 Å². The molecule has 0 unspecified atom stereocenters. The Morgan fingerprint density at radius 2 is 1.84 bits per heavy atom. The molecular weight excluding hydrogens is 264 g/mol. The van der Waals surface area contributed by atoms with E-state index in [1.165, 1.54) is 25.5 Å². The third-order valence-electron chi connectivity index (χ3n) is 4.47. The summed E-state index contributed by atoms with van der Waals surface area (Å²) in [6.45, 7) is 6.17. The van der Waals surface area contributed by atoms with E-state index >= 15 is 0 Å². The molecule has 6 heteroatoms. The lowest BCUT2D eigenvalue weighted by atomic mass is 9.67. The fraction of sp³-hybridized carbons (Fsp3) is 0.923. The number of rotatable bonds is 6. The van der Waals surface area contributed by atoms with E-state index in [4.69, 9.17) is 0 Å². The molecule has 0 spiro atoms. The van der Waals surface area contributed by atoms with E-state index in [-0.39, 0.29) is 18.0 Å². The van der Waals surface area contributed by atoms with E-state index in [2.05, 4.69) is 17.6 Å². The first-order valence-electron chi connectivity index (χ1n) is 6.83. The molecule has 1 aliphatic rings. The molecule has 0 saturated heterocycles. The van der Waals surface area contributed by atoms with Crippen LogP contribution >= 0.6 is 0 Å². The van der Waals surface area contributed by atoms with Crippen LogP contribution < -0.4 is 10.6 Å². The zero-order chi connectivity index (χ0) is 14.7. The molecule has 1 fully saturated rings. The van der Waals surface area contributed by atoms with Gasteiger partial charge >= 0.3 is 6.03 Å². The van der Waals surface area contributed by atoms with E-state index in [1.807, 2.05) is 0 Å². The Morgan fingerprint density at radius 1 is 1.26 bits per heavy atom. The maximum Gasteiger partial charge on any atom is 0.314 e. The predicted molar refractivity (Wildman–Crippen MR) is 76.9 cm³/mol. The first-order chi connectivity index (χ1) is 8.62. The maximum atomic E-state index is 11.7. The molecule has 5 nitrogen and oxygen atoms in total. The molecule has 1 saturated carbocycles. The molecule has 0 aromatic carbocycles. The number of urea groups is 1. The van der Waals surface area contributed by atoms with Crippen LogP contribution in [0.4, 0.5) is 4.79 Å². The number of hydrogen-bond acceptors (Lipinski definition) is 3. The van der Waals surface area contributed by atoms with Crippen LogP contribution in [0.5, 0.6) is 0 Å². The van der Waals surface area contributed by atoms with Crippen molar-refractivity contribution < 1.29 is 13.2 Å². The number of nitrogens with one attached hydrogen (secondary N) is 2. The van der Waals surface area contributed by atoms with Crippen molar-refractivity contribution in [3.8, 4) is 0 Å². The van der Waals surface area contributed by atoms with Crippen LogP contribution in [0, 0.1) is 5.41 Å². The van der Waals surface area contributed by atoms with Crippen molar-refractivity contribution in [3.63, 3.8) is 0 Å². The Hall–Kier alpha value is -0.780. The summed E-state index contributed by atoms with van der Waals surface area (Å²) >= 11 is 0. The predicted octanol–water partition coefficient (Wildman–Crippen LogP) is 1.69.